The number of carbonyl (C=O) groups is 3. The first kappa shape index (κ1) is 65.3. The summed E-state index contributed by atoms with van der Waals surface area (Å²) < 4.78 is 16.8. The second kappa shape index (κ2) is 56.9. The van der Waals surface area contributed by atoms with E-state index in [1.54, 1.807) is 0 Å². The van der Waals surface area contributed by atoms with Crippen molar-refractivity contribution in [2.45, 2.75) is 271 Å². The Morgan fingerprint density at radius 3 is 0.942 bits per heavy atom. The van der Waals surface area contributed by atoms with E-state index < -0.39 is 6.10 Å². The SMILES string of the molecule is CC/C=C\C/C=C\C/C=C\C/C=C\C/C=C\C/C=C\CCCCCCCCC(=O)OCC(COC(=O)CCCCCCC/C=C\CCCC)OC(=O)CCCCCCC/C=C\CCCCCCCC. The lowest BCUT2D eigenvalue weighted by atomic mass is 10.1. The number of hydrogen-bond acceptors (Lipinski definition) is 6. The summed E-state index contributed by atoms with van der Waals surface area (Å²) in [4.78, 5) is 38.1. The van der Waals surface area contributed by atoms with Gasteiger partial charge in [0.2, 0.25) is 0 Å². The van der Waals surface area contributed by atoms with Crippen LogP contribution in [0.5, 0.6) is 0 Å². The second-order valence-electron chi connectivity index (χ2n) is 18.8. The van der Waals surface area contributed by atoms with Crippen molar-refractivity contribution < 1.29 is 28.6 Å². The molecule has 0 saturated heterocycles. The molecule has 0 aliphatic rings. The molecular weight excluding hydrogens is 853 g/mol. The Bertz CT molecular complexity index is 1380. The molecule has 0 saturated carbocycles. The zero-order valence-electron chi connectivity index (χ0n) is 45.0. The molecule has 0 heterocycles. The van der Waals surface area contributed by atoms with Crippen LogP contribution < -0.4 is 0 Å². The van der Waals surface area contributed by atoms with Crippen LogP contribution in [0.2, 0.25) is 0 Å². The van der Waals surface area contributed by atoms with Gasteiger partial charge in [-0.2, -0.15) is 0 Å². The van der Waals surface area contributed by atoms with Gasteiger partial charge in [-0.3, -0.25) is 14.4 Å². The van der Waals surface area contributed by atoms with Gasteiger partial charge in [-0.1, -0.05) is 227 Å². The molecule has 0 rings (SSSR count). The summed E-state index contributed by atoms with van der Waals surface area (Å²) in [7, 11) is 0. The highest BCUT2D eigenvalue weighted by atomic mass is 16.6. The molecule has 0 spiro atoms. The summed E-state index contributed by atoms with van der Waals surface area (Å²) in [6, 6.07) is 0. The summed E-state index contributed by atoms with van der Waals surface area (Å²) in [6.07, 6.45) is 75.4. The Balaban J connectivity index is 4.35. The van der Waals surface area contributed by atoms with E-state index in [0.717, 1.165) is 128 Å². The van der Waals surface area contributed by atoms with Crippen LogP contribution >= 0.6 is 0 Å². The maximum atomic E-state index is 12.8. The molecule has 0 bridgehead atoms. The van der Waals surface area contributed by atoms with Crippen LogP contribution in [-0.4, -0.2) is 37.2 Å². The van der Waals surface area contributed by atoms with Gasteiger partial charge in [0.05, 0.1) is 0 Å². The van der Waals surface area contributed by atoms with Crippen LogP contribution in [0.4, 0.5) is 0 Å². The molecule has 6 nitrogen and oxygen atoms in total. The van der Waals surface area contributed by atoms with E-state index in [-0.39, 0.29) is 31.1 Å². The Morgan fingerprint density at radius 2 is 0.580 bits per heavy atom. The van der Waals surface area contributed by atoms with Crippen LogP contribution in [0.25, 0.3) is 0 Å². The van der Waals surface area contributed by atoms with Crippen LogP contribution in [0.1, 0.15) is 265 Å². The largest absolute Gasteiger partial charge is 0.462 e. The molecule has 0 N–H and O–H groups in total. The number of esters is 3. The topological polar surface area (TPSA) is 78.9 Å². The molecule has 0 aromatic heterocycles. The highest BCUT2D eigenvalue weighted by Gasteiger charge is 2.19. The minimum Gasteiger partial charge on any atom is -0.462 e. The maximum Gasteiger partial charge on any atom is 0.306 e. The molecule has 1 atom stereocenters. The monoisotopic (exact) mass is 959 g/mol. The third-order valence-corrected chi connectivity index (χ3v) is 12.0. The lowest BCUT2D eigenvalue weighted by Crippen LogP contribution is -2.30. The van der Waals surface area contributed by atoms with Crippen molar-refractivity contribution in [3.05, 3.63) is 97.2 Å². The summed E-state index contributed by atoms with van der Waals surface area (Å²) in [6.45, 7) is 6.46. The number of ether oxygens (including phenoxy) is 3. The third-order valence-electron chi connectivity index (χ3n) is 12.0. The fraction of sp³-hybridized carbons (Fsp3) is 0.698. The molecule has 6 heteroatoms. The summed E-state index contributed by atoms with van der Waals surface area (Å²) in [5, 5.41) is 0. The van der Waals surface area contributed by atoms with Gasteiger partial charge in [0.25, 0.3) is 0 Å². The van der Waals surface area contributed by atoms with Gasteiger partial charge in [-0.25, -0.2) is 0 Å². The molecule has 0 radical (unpaired) electrons. The van der Waals surface area contributed by atoms with Crippen molar-refractivity contribution in [2.24, 2.45) is 0 Å². The quantitative estimate of drug-likeness (QED) is 0.0262. The normalized spacial score (nSPS) is 12.8. The Hall–Kier alpha value is -3.67. The second-order valence-corrected chi connectivity index (χ2v) is 18.8. The fourth-order valence-corrected chi connectivity index (χ4v) is 7.71. The smallest absolute Gasteiger partial charge is 0.306 e. The molecule has 1 unspecified atom stereocenters. The summed E-state index contributed by atoms with van der Waals surface area (Å²) >= 11 is 0. The maximum absolute atomic E-state index is 12.8. The van der Waals surface area contributed by atoms with Crippen molar-refractivity contribution >= 4 is 17.9 Å². The standard InChI is InChI=1S/C63H106O6/c1-4-7-10-13-16-19-22-24-26-27-28-29-30-31-32-33-34-35-37-38-41-44-47-50-53-56-62(65)68-59-60(58-67-61(64)55-52-49-46-43-40-21-18-15-12-9-6-3)69-63(66)57-54-51-48-45-42-39-36-25-23-20-17-14-11-8-5-2/h7,10,15-16,18-19,24-26,28-29,31-32,34-36,60H,4-6,8-9,11-14,17,20-23,27,30,33,37-59H2,1-3H3/b10-7-,18-15-,19-16-,26-24-,29-28-,32-31-,35-34-,36-25-. The van der Waals surface area contributed by atoms with E-state index >= 15 is 0 Å². The Kier molecular flexibility index (Phi) is 53.9. The first-order valence-corrected chi connectivity index (χ1v) is 28.7. The first-order valence-electron chi connectivity index (χ1n) is 28.7. The molecular formula is C63H106O6. The van der Waals surface area contributed by atoms with Crippen LogP contribution in [0.15, 0.2) is 97.2 Å². The summed E-state index contributed by atoms with van der Waals surface area (Å²) in [5.41, 5.74) is 0. The van der Waals surface area contributed by atoms with Crippen molar-refractivity contribution in [3.63, 3.8) is 0 Å². The first-order chi connectivity index (χ1) is 34.0. The molecule has 0 fully saturated rings. The van der Waals surface area contributed by atoms with Gasteiger partial charge in [-0.15, -0.1) is 0 Å². The number of carbonyl (C=O) groups excluding carboxylic acids is 3. The molecule has 69 heavy (non-hydrogen) atoms. The Morgan fingerprint density at radius 1 is 0.304 bits per heavy atom. The average Bonchev–Trinajstić information content (AvgIpc) is 3.35. The minimum absolute atomic E-state index is 0.0901. The van der Waals surface area contributed by atoms with Crippen LogP contribution in [0, 0.1) is 0 Å². The highest BCUT2D eigenvalue weighted by Crippen LogP contribution is 2.14. The van der Waals surface area contributed by atoms with Crippen LogP contribution in [0.3, 0.4) is 0 Å². The molecule has 0 aliphatic heterocycles. The molecule has 0 aromatic rings. The van der Waals surface area contributed by atoms with Gasteiger partial charge in [0.15, 0.2) is 6.10 Å². The van der Waals surface area contributed by atoms with Crippen molar-refractivity contribution in [3.8, 4) is 0 Å². The van der Waals surface area contributed by atoms with E-state index in [4.69, 9.17) is 14.2 Å². The fourth-order valence-electron chi connectivity index (χ4n) is 7.71. The number of unbranched alkanes of at least 4 members (excludes halogenated alkanes) is 24. The van der Waals surface area contributed by atoms with Gasteiger partial charge in [0, 0.05) is 19.3 Å². The number of allylic oxidation sites excluding steroid dienone is 16. The van der Waals surface area contributed by atoms with Gasteiger partial charge >= 0.3 is 17.9 Å². The summed E-state index contributed by atoms with van der Waals surface area (Å²) in [5.74, 6) is -0.921. The van der Waals surface area contributed by atoms with Gasteiger partial charge in [-0.05, 0) is 116 Å². The zero-order chi connectivity index (χ0) is 50.0. The van der Waals surface area contributed by atoms with Crippen LogP contribution in [-0.2, 0) is 28.6 Å². The number of hydrogen-bond donors (Lipinski definition) is 0. The number of rotatable bonds is 51. The van der Waals surface area contributed by atoms with E-state index in [1.165, 1.54) is 96.3 Å². The minimum atomic E-state index is -0.792. The van der Waals surface area contributed by atoms with E-state index in [2.05, 4.69) is 118 Å². The average molecular weight is 960 g/mol. The predicted molar refractivity (Wildman–Crippen MR) is 297 cm³/mol. The molecule has 394 valence electrons. The molecule has 0 amide bonds. The lowest BCUT2D eigenvalue weighted by molar-refractivity contribution is -0.167. The van der Waals surface area contributed by atoms with E-state index in [0.29, 0.717) is 19.3 Å². The lowest BCUT2D eigenvalue weighted by Gasteiger charge is -2.18. The van der Waals surface area contributed by atoms with E-state index in [9.17, 15) is 14.4 Å². The van der Waals surface area contributed by atoms with Crippen molar-refractivity contribution in [1.29, 1.82) is 0 Å². The Labute approximate surface area is 426 Å². The van der Waals surface area contributed by atoms with Crippen molar-refractivity contribution in [2.75, 3.05) is 13.2 Å². The van der Waals surface area contributed by atoms with E-state index in [1.807, 2.05) is 0 Å². The predicted octanol–water partition coefficient (Wildman–Crippen LogP) is 19.3. The molecule has 0 aliphatic carbocycles. The highest BCUT2D eigenvalue weighted by molar-refractivity contribution is 5.71. The van der Waals surface area contributed by atoms with Gasteiger partial charge < -0.3 is 14.2 Å². The van der Waals surface area contributed by atoms with Gasteiger partial charge in [0.1, 0.15) is 13.2 Å². The molecule has 0 aromatic carbocycles. The van der Waals surface area contributed by atoms with Crippen molar-refractivity contribution in [1.82, 2.24) is 0 Å². The zero-order valence-corrected chi connectivity index (χ0v) is 45.0. The third kappa shape index (κ3) is 55.1.